The van der Waals surface area contributed by atoms with Crippen molar-refractivity contribution >= 4 is 11.8 Å². The zero-order chi connectivity index (χ0) is 18.4. The van der Waals surface area contributed by atoms with Crippen molar-refractivity contribution < 1.29 is 14.3 Å². The zero-order valence-electron chi connectivity index (χ0n) is 15.6. The van der Waals surface area contributed by atoms with Crippen LogP contribution in [0.5, 0.6) is 0 Å². The fourth-order valence-electron chi connectivity index (χ4n) is 3.12. The van der Waals surface area contributed by atoms with Crippen LogP contribution in [-0.4, -0.2) is 76.8 Å². The number of hydrogen-bond donors (Lipinski definition) is 1. The predicted molar refractivity (Wildman–Crippen MR) is 93.8 cm³/mol. The number of methoxy groups -OCH3 is 1. The molecule has 25 heavy (non-hydrogen) atoms. The van der Waals surface area contributed by atoms with Gasteiger partial charge in [-0.25, -0.2) is 0 Å². The van der Waals surface area contributed by atoms with E-state index in [1.165, 1.54) is 0 Å². The van der Waals surface area contributed by atoms with E-state index in [-0.39, 0.29) is 24.3 Å². The minimum Gasteiger partial charge on any atom is -0.383 e. The number of aryl methyl sites for hydroxylation is 1. The van der Waals surface area contributed by atoms with E-state index in [2.05, 4.69) is 29.2 Å². The number of nitrogens with zero attached hydrogens (tertiary/aromatic N) is 4. The van der Waals surface area contributed by atoms with Gasteiger partial charge >= 0.3 is 0 Å². The first-order chi connectivity index (χ1) is 11.9. The predicted octanol–water partition coefficient (Wildman–Crippen LogP) is -0.00600. The van der Waals surface area contributed by atoms with Gasteiger partial charge in [0.1, 0.15) is 0 Å². The molecule has 2 amide bonds. The standard InChI is InChI=1S/C17H29N5O3/c1-13(2)22-6-5-18-17(24)15(22)9-16(23)21(7-8-25-4)12-14-10-19-20(3)11-14/h10-11,13,15H,5-9,12H2,1-4H3,(H,18,24). The van der Waals surface area contributed by atoms with Crippen LogP contribution in [0.25, 0.3) is 0 Å². The van der Waals surface area contributed by atoms with E-state index in [1.807, 2.05) is 13.2 Å². The summed E-state index contributed by atoms with van der Waals surface area (Å²) in [7, 11) is 3.46. The van der Waals surface area contributed by atoms with Crippen LogP contribution in [0.1, 0.15) is 25.8 Å². The van der Waals surface area contributed by atoms with Crippen LogP contribution in [0.4, 0.5) is 0 Å². The Morgan fingerprint density at radius 2 is 2.28 bits per heavy atom. The average molecular weight is 351 g/mol. The SMILES string of the molecule is COCCN(Cc1cnn(C)c1)C(=O)CC1C(=O)NCCN1C(C)C. The molecule has 1 unspecified atom stereocenters. The Morgan fingerprint density at radius 3 is 2.88 bits per heavy atom. The van der Waals surface area contributed by atoms with Gasteiger partial charge in [0, 0.05) is 58.1 Å². The molecule has 1 N–H and O–H groups in total. The van der Waals surface area contributed by atoms with Crippen LogP contribution >= 0.6 is 0 Å². The molecule has 1 fully saturated rings. The Labute approximate surface area is 149 Å². The number of aromatic nitrogens is 2. The largest absolute Gasteiger partial charge is 0.383 e. The Kier molecular flexibility index (Phi) is 6.95. The molecule has 0 saturated carbocycles. The van der Waals surface area contributed by atoms with Crippen LogP contribution in [0, 0.1) is 0 Å². The van der Waals surface area contributed by atoms with Crippen LogP contribution < -0.4 is 5.32 Å². The molecule has 0 aliphatic carbocycles. The molecule has 1 aromatic heterocycles. The molecule has 1 aliphatic heterocycles. The Balaban J connectivity index is 2.07. The minimum atomic E-state index is -0.416. The number of hydrogen-bond acceptors (Lipinski definition) is 5. The quantitative estimate of drug-likeness (QED) is 0.713. The molecule has 1 saturated heterocycles. The molecule has 0 spiro atoms. The van der Waals surface area contributed by atoms with Crippen molar-refractivity contribution in [3.8, 4) is 0 Å². The average Bonchev–Trinajstić information content (AvgIpc) is 2.98. The highest BCUT2D eigenvalue weighted by molar-refractivity contribution is 5.88. The summed E-state index contributed by atoms with van der Waals surface area (Å²) < 4.78 is 6.84. The molecule has 1 aliphatic rings. The fraction of sp³-hybridized carbons (Fsp3) is 0.706. The lowest BCUT2D eigenvalue weighted by molar-refractivity contribution is -0.140. The highest BCUT2D eigenvalue weighted by Crippen LogP contribution is 2.15. The third kappa shape index (κ3) is 5.27. The van der Waals surface area contributed by atoms with Crippen molar-refractivity contribution in [2.24, 2.45) is 7.05 Å². The Hall–Kier alpha value is -1.93. The molecule has 140 valence electrons. The first kappa shape index (κ1) is 19.4. The van der Waals surface area contributed by atoms with Gasteiger partial charge in [0.2, 0.25) is 11.8 Å². The molecule has 2 rings (SSSR count). The zero-order valence-corrected chi connectivity index (χ0v) is 15.6. The van der Waals surface area contributed by atoms with Crippen molar-refractivity contribution in [3.63, 3.8) is 0 Å². The molecule has 0 aromatic carbocycles. The van der Waals surface area contributed by atoms with E-state index >= 15 is 0 Å². The maximum Gasteiger partial charge on any atom is 0.237 e. The maximum absolute atomic E-state index is 12.9. The number of ether oxygens (including phenoxy) is 1. The lowest BCUT2D eigenvalue weighted by Gasteiger charge is -2.38. The molecule has 8 nitrogen and oxygen atoms in total. The van der Waals surface area contributed by atoms with Crippen LogP contribution in [0.15, 0.2) is 12.4 Å². The van der Waals surface area contributed by atoms with Gasteiger partial charge in [-0.05, 0) is 13.8 Å². The molecule has 0 radical (unpaired) electrons. The number of carbonyl (C=O) groups excluding carboxylic acids is 2. The maximum atomic E-state index is 12.9. The summed E-state index contributed by atoms with van der Waals surface area (Å²) in [5.74, 6) is -0.116. The lowest BCUT2D eigenvalue weighted by Crippen LogP contribution is -2.58. The van der Waals surface area contributed by atoms with Crippen molar-refractivity contribution in [3.05, 3.63) is 18.0 Å². The summed E-state index contributed by atoms with van der Waals surface area (Å²) in [4.78, 5) is 29.0. The first-order valence-electron chi connectivity index (χ1n) is 8.70. The van der Waals surface area contributed by atoms with Gasteiger partial charge in [0.25, 0.3) is 0 Å². The Bertz CT molecular complexity index is 587. The van der Waals surface area contributed by atoms with Gasteiger partial charge in [0.15, 0.2) is 0 Å². The van der Waals surface area contributed by atoms with Gasteiger partial charge in [-0.2, -0.15) is 5.10 Å². The number of amides is 2. The van der Waals surface area contributed by atoms with Crippen molar-refractivity contribution in [2.75, 3.05) is 33.4 Å². The summed E-state index contributed by atoms with van der Waals surface area (Å²) >= 11 is 0. The summed E-state index contributed by atoms with van der Waals surface area (Å²) in [6.45, 7) is 6.90. The van der Waals surface area contributed by atoms with Gasteiger partial charge in [-0.3, -0.25) is 19.2 Å². The molecule has 8 heteroatoms. The molecule has 1 aromatic rings. The van der Waals surface area contributed by atoms with Gasteiger partial charge in [0.05, 0.1) is 25.3 Å². The van der Waals surface area contributed by atoms with Gasteiger partial charge in [-0.1, -0.05) is 0 Å². The second-order valence-electron chi connectivity index (χ2n) is 6.67. The second kappa shape index (κ2) is 8.96. The minimum absolute atomic E-state index is 0.0476. The topological polar surface area (TPSA) is 79.7 Å². The summed E-state index contributed by atoms with van der Waals surface area (Å²) in [6.07, 6.45) is 3.82. The van der Waals surface area contributed by atoms with Crippen molar-refractivity contribution in [1.82, 2.24) is 24.9 Å². The van der Waals surface area contributed by atoms with Crippen LogP contribution in [0.2, 0.25) is 0 Å². The normalized spacial score (nSPS) is 18.4. The van der Waals surface area contributed by atoms with E-state index in [4.69, 9.17) is 4.74 Å². The first-order valence-corrected chi connectivity index (χ1v) is 8.70. The molecular weight excluding hydrogens is 322 g/mol. The Morgan fingerprint density at radius 1 is 1.52 bits per heavy atom. The van der Waals surface area contributed by atoms with Crippen LogP contribution in [0.3, 0.4) is 0 Å². The highest BCUT2D eigenvalue weighted by atomic mass is 16.5. The van der Waals surface area contributed by atoms with Crippen molar-refractivity contribution in [1.29, 1.82) is 0 Å². The van der Waals surface area contributed by atoms with Crippen molar-refractivity contribution in [2.45, 2.75) is 38.9 Å². The lowest BCUT2D eigenvalue weighted by atomic mass is 10.1. The summed E-state index contributed by atoms with van der Waals surface area (Å²) in [6, 6.07) is -0.199. The smallest absolute Gasteiger partial charge is 0.237 e. The molecule has 1 atom stereocenters. The molecular formula is C17H29N5O3. The third-order valence-electron chi connectivity index (χ3n) is 4.45. The monoisotopic (exact) mass is 351 g/mol. The van der Waals surface area contributed by atoms with E-state index in [9.17, 15) is 9.59 Å². The van der Waals surface area contributed by atoms with E-state index in [0.717, 1.165) is 12.1 Å². The summed E-state index contributed by atoms with van der Waals surface area (Å²) in [5.41, 5.74) is 0.959. The number of carbonyl (C=O) groups is 2. The highest BCUT2D eigenvalue weighted by Gasteiger charge is 2.34. The number of rotatable bonds is 8. The van der Waals surface area contributed by atoms with E-state index in [0.29, 0.717) is 26.2 Å². The van der Waals surface area contributed by atoms with E-state index in [1.54, 1.807) is 22.9 Å². The fourth-order valence-corrected chi connectivity index (χ4v) is 3.12. The van der Waals surface area contributed by atoms with Gasteiger partial charge in [-0.15, -0.1) is 0 Å². The van der Waals surface area contributed by atoms with Gasteiger partial charge < -0.3 is 15.0 Å². The number of piperazine rings is 1. The van der Waals surface area contributed by atoms with E-state index < -0.39 is 6.04 Å². The molecule has 0 bridgehead atoms. The third-order valence-corrected chi connectivity index (χ3v) is 4.45. The second-order valence-corrected chi connectivity index (χ2v) is 6.67. The number of nitrogens with one attached hydrogen (secondary N) is 1. The van der Waals surface area contributed by atoms with Crippen LogP contribution in [-0.2, 0) is 27.9 Å². The summed E-state index contributed by atoms with van der Waals surface area (Å²) in [5, 5.41) is 7.02. The molecule has 2 heterocycles.